The minimum Gasteiger partial charge on any atom is -0.468 e. The van der Waals surface area contributed by atoms with Crippen molar-refractivity contribution < 1.29 is 22.7 Å². The maximum Gasteiger partial charge on any atom is 0.422 e. The number of nitrogens with zero attached hydrogens (tertiary/aromatic N) is 4. The van der Waals surface area contributed by atoms with Crippen LogP contribution < -0.4 is 10.1 Å². The van der Waals surface area contributed by atoms with Gasteiger partial charge in [0, 0.05) is 36.1 Å². The lowest BCUT2D eigenvalue weighted by Gasteiger charge is -2.10. The third-order valence-corrected chi connectivity index (χ3v) is 3.98. The minimum atomic E-state index is -4.43. The average Bonchev–Trinajstić information content (AvgIpc) is 3.02. The van der Waals surface area contributed by atoms with Crippen molar-refractivity contribution >= 4 is 16.8 Å². The topological polar surface area (TPSA) is 81.9 Å². The molecule has 0 aliphatic rings. The van der Waals surface area contributed by atoms with Crippen molar-refractivity contribution in [3.8, 4) is 5.88 Å². The summed E-state index contributed by atoms with van der Waals surface area (Å²) in [5, 5.41) is 7.95. The molecule has 0 atom stereocenters. The number of halogens is 3. The second-order valence-electron chi connectivity index (χ2n) is 6.51. The zero-order valence-corrected chi connectivity index (χ0v) is 16.0. The van der Waals surface area contributed by atoms with Gasteiger partial charge in [0.25, 0.3) is 0 Å². The van der Waals surface area contributed by atoms with Crippen LogP contribution in [0.5, 0.6) is 5.88 Å². The van der Waals surface area contributed by atoms with Crippen LogP contribution in [0.3, 0.4) is 0 Å². The monoisotopic (exact) mass is 407 g/mol. The highest BCUT2D eigenvalue weighted by Crippen LogP contribution is 2.20. The highest BCUT2D eigenvalue weighted by Gasteiger charge is 2.28. The summed E-state index contributed by atoms with van der Waals surface area (Å²) in [6.07, 6.45) is -0.934. The van der Waals surface area contributed by atoms with E-state index < -0.39 is 12.8 Å². The molecule has 0 unspecified atom stereocenters. The molecule has 154 valence electrons. The van der Waals surface area contributed by atoms with E-state index in [9.17, 15) is 18.0 Å². The minimum absolute atomic E-state index is 0.0902. The Bertz CT molecular complexity index is 1020. The Labute approximate surface area is 164 Å². The van der Waals surface area contributed by atoms with E-state index in [1.54, 1.807) is 36.1 Å². The molecule has 7 nitrogen and oxygen atoms in total. The fraction of sp³-hybridized carbons (Fsp3) is 0.368. The Morgan fingerprint density at radius 2 is 2.10 bits per heavy atom. The van der Waals surface area contributed by atoms with Crippen molar-refractivity contribution in [1.29, 1.82) is 0 Å². The first-order valence-electron chi connectivity index (χ1n) is 8.98. The lowest BCUT2D eigenvalue weighted by molar-refractivity contribution is -0.154. The van der Waals surface area contributed by atoms with E-state index in [-0.39, 0.29) is 18.2 Å². The van der Waals surface area contributed by atoms with Gasteiger partial charge in [0.05, 0.1) is 24.2 Å². The van der Waals surface area contributed by atoms with Crippen LogP contribution >= 0.6 is 0 Å². The van der Waals surface area contributed by atoms with Crippen LogP contribution in [0.25, 0.3) is 10.9 Å². The van der Waals surface area contributed by atoms with Gasteiger partial charge >= 0.3 is 6.18 Å². The highest BCUT2D eigenvalue weighted by atomic mass is 19.4. The summed E-state index contributed by atoms with van der Waals surface area (Å²) < 4.78 is 43.6. The molecule has 10 heteroatoms. The van der Waals surface area contributed by atoms with Crippen LogP contribution in [0.4, 0.5) is 13.2 Å². The van der Waals surface area contributed by atoms with Gasteiger partial charge in [0.1, 0.15) is 0 Å². The lowest BCUT2D eigenvalue weighted by Crippen LogP contribution is -2.24. The maximum absolute atomic E-state index is 12.4. The first kappa shape index (κ1) is 20.6. The molecule has 0 spiro atoms. The number of rotatable bonds is 7. The number of amides is 1. The molecular formula is C19H20F3N5O2. The lowest BCUT2D eigenvalue weighted by atomic mass is 10.2. The number of alkyl halides is 3. The van der Waals surface area contributed by atoms with Crippen molar-refractivity contribution in [1.82, 2.24) is 25.1 Å². The van der Waals surface area contributed by atoms with E-state index in [4.69, 9.17) is 4.74 Å². The predicted molar refractivity (Wildman–Crippen MR) is 99.5 cm³/mol. The first-order chi connectivity index (χ1) is 13.7. The molecule has 0 aliphatic heterocycles. The van der Waals surface area contributed by atoms with Crippen LogP contribution in [-0.2, 0) is 17.8 Å². The third kappa shape index (κ3) is 5.66. The molecule has 29 heavy (non-hydrogen) atoms. The summed E-state index contributed by atoms with van der Waals surface area (Å²) in [6.45, 7) is 2.96. The van der Waals surface area contributed by atoms with Gasteiger partial charge in [-0.25, -0.2) is 4.98 Å². The van der Waals surface area contributed by atoms with Gasteiger partial charge < -0.3 is 10.1 Å². The fourth-order valence-electron chi connectivity index (χ4n) is 2.90. The number of ether oxygens (including phenoxy) is 1. The number of likely N-dealkylation sites (N-methyl/N-ethyl adjacent to an activating group) is 1. The molecule has 0 radical (unpaired) electrons. The van der Waals surface area contributed by atoms with Gasteiger partial charge in [-0.3, -0.25) is 14.5 Å². The van der Waals surface area contributed by atoms with E-state index in [1.807, 2.05) is 6.92 Å². The van der Waals surface area contributed by atoms with E-state index >= 15 is 0 Å². The summed E-state index contributed by atoms with van der Waals surface area (Å²) in [5.74, 6) is -0.218. The molecule has 0 aromatic carbocycles. The third-order valence-electron chi connectivity index (χ3n) is 3.98. The molecule has 1 N–H and O–H groups in total. The number of hydrogen-bond donors (Lipinski definition) is 1. The van der Waals surface area contributed by atoms with Crippen LogP contribution in [0.2, 0.25) is 0 Å². The molecule has 0 aliphatic carbocycles. The number of carbonyl (C=O) groups is 1. The zero-order valence-electron chi connectivity index (χ0n) is 16.0. The number of carbonyl (C=O) groups excluding carboxylic acids is 1. The number of pyridine rings is 2. The van der Waals surface area contributed by atoms with Crippen molar-refractivity contribution in [2.45, 2.75) is 33.0 Å². The zero-order chi connectivity index (χ0) is 21.0. The van der Waals surface area contributed by atoms with Crippen LogP contribution in [-0.4, -0.2) is 45.0 Å². The van der Waals surface area contributed by atoms with Crippen molar-refractivity contribution in [2.24, 2.45) is 0 Å². The Kier molecular flexibility index (Phi) is 6.00. The van der Waals surface area contributed by atoms with Crippen molar-refractivity contribution in [3.63, 3.8) is 0 Å². The summed E-state index contributed by atoms with van der Waals surface area (Å²) in [7, 11) is 0. The SMILES string of the molecule is CCNC(=O)Cc1nccc2nn(Cc3cc(C)nc(OCC(F)(F)F)c3)cc12. The molecule has 0 saturated heterocycles. The Morgan fingerprint density at radius 1 is 1.31 bits per heavy atom. The van der Waals surface area contributed by atoms with Gasteiger partial charge in [-0.1, -0.05) is 0 Å². The largest absolute Gasteiger partial charge is 0.468 e. The molecule has 3 aromatic rings. The maximum atomic E-state index is 12.4. The summed E-state index contributed by atoms with van der Waals surface area (Å²) in [6, 6.07) is 4.95. The van der Waals surface area contributed by atoms with Gasteiger partial charge in [-0.15, -0.1) is 0 Å². The predicted octanol–water partition coefficient (Wildman–Crippen LogP) is 2.80. The Hall–Kier alpha value is -3.17. The smallest absolute Gasteiger partial charge is 0.422 e. The van der Waals surface area contributed by atoms with Gasteiger partial charge in [-0.2, -0.15) is 18.3 Å². The van der Waals surface area contributed by atoms with Crippen LogP contribution in [0, 0.1) is 6.92 Å². The number of nitrogens with one attached hydrogen (secondary N) is 1. The normalized spacial score (nSPS) is 11.6. The van der Waals surface area contributed by atoms with Crippen molar-refractivity contribution in [3.05, 3.63) is 47.5 Å². The van der Waals surface area contributed by atoms with Crippen molar-refractivity contribution in [2.75, 3.05) is 13.2 Å². The molecule has 1 amide bonds. The van der Waals surface area contributed by atoms with Crippen LogP contribution in [0.1, 0.15) is 23.9 Å². The molecule has 3 heterocycles. The number of hydrogen-bond acceptors (Lipinski definition) is 5. The average molecular weight is 407 g/mol. The Balaban J connectivity index is 1.81. The molecule has 3 rings (SSSR count). The Morgan fingerprint density at radius 3 is 2.83 bits per heavy atom. The summed E-state index contributed by atoms with van der Waals surface area (Å²) >= 11 is 0. The van der Waals surface area contributed by atoms with Gasteiger partial charge in [-0.05, 0) is 31.5 Å². The number of fused-ring (bicyclic) bond motifs is 1. The summed E-state index contributed by atoms with van der Waals surface area (Å²) in [4.78, 5) is 20.1. The molecule has 0 bridgehead atoms. The highest BCUT2D eigenvalue weighted by molar-refractivity contribution is 5.86. The fourth-order valence-corrected chi connectivity index (χ4v) is 2.90. The quantitative estimate of drug-likeness (QED) is 0.651. The second-order valence-corrected chi connectivity index (χ2v) is 6.51. The molecular weight excluding hydrogens is 387 g/mol. The second kappa shape index (κ2) is 8.46. The standard InChI is InChI=1S/C19H20F3N5O2/c1-3-23-17(28)8-16-14-10-27(26-15(14)4-5-24-16)9-13-6-12(2)25-18(7-13)29-11-19(20,21)22/h4-7,10H,3,8-9,11H2,1-2H3,(H,23,28). The van der Waals surface area contributed by atoms with Crippen LogP contribution in [0.15, 0.2) is 30.6 Å². The molecule has 0 saturated carbocycles. The first-order valence-corrected chi connectivity index (χ1v) is 8.98. The summed E-state index contributed by atoms with van der Waals surface area (Å²) in [5.41, 5.74) is 2.52. The molecule has 0 fully saturated rings. The molecule has 3 aromatic heterocycles. The number of aryl methyl sites for hydroxylation is 1. The van der Waals surface area contributed by atoms with E-state index in [2.05, 4.69) is 20.4 Å². The van der Waals surface area contributed by atoms with Gasteiger partial charge in [0.15, 0.2) is 6.61 Å². The van der Waals surface area contributed by atoms with Gasteiger partial charge in [0.2, 0.25) is 11.8 Å². The van der Waals surface area contributed by atoms with E-state index in [1.165, 1.54) is 6.07 Å². The number of aromatic nitrogens is 4. The van der Waals surface area contributed by atoms with E-state index in [0.29, 0.717) is 35.6 Å². The van der Waals surface area contributed by atoms with E-state index in [0.717, 1.165) is 5.39 Å².